The molecule has 1 unspecified atom stereocenters. The maximum atomic E-state index is 10.8. The van der Waals surface area contributed by atoms with Gasteiger partial charge in [-0.3, -0.25) is 4.90 Å². The van der Waals surface area contributed by atoms with E-state index >= 15 is 0 Å². The Morgan fingerprint density at radius 3 is 2.88 bits per heavy atom. The van der Waals surface area contributed by atoms with Gasteiger partial charge in [-0.25, -0.2) is 9.78 Å². The summed E-state index contributed by atoms with van der Waals surface area (Å²) >= 11 is 5.84. The predicted molar refractivity (Wildman–Crippen MR) is 60.8 cm³/mol. The van der Waals surface area contributed by atoms with Gasteiger partial charge in [0.1, 0.15) is 5.15 Å². The maximum Gasteiger partial charge on any atom is 0.338 e. The van der Waals surface area contributed by atoms with E-state index in [2.05, 4.69) is 9.88 Å². The number of hydrogen-bond acceptors (Lipinski definition) is 3. The van der Waals surface area contributed by atoms with Gasteiger partial charge in [0.2, 0.25) is 0 Å². The van der Waals surface area contributed by atoms with Gasteiger partial charge in [-0.2, -0.15) is 0 Å². The molecule has 0 spiro atoms. The molecule has 1 aromatic heterocycles. The Morgan fingerprint density at radius 2 is 2.38 bits per heavy atom. The van der Waals surface area contributed by atoms with Crippen molar-refractivity contribution in [2.75, 3.05) is 13.6 Å². The molecule has 1 fully saturated rings. The van der Waals surface area contributed by atoms with Crippen LogP contribution in [0.4, 0.5) is 0 Å². The number of aromatic carboxylic acids is 1. The van der Waals surface area contributed by atoms with Gasteiger partial charge in [0, 0.05) is 0 Å². The minimum atomic E-state index is -1.04. The second-order valence-corrected chi connectivity index (χ2v) is 4.38. The number of carboxylic acid groups (broad SMARTS) is 1. The van der Waals surface area contributed by atoms with Crippen LogP contribution in [0.15, 0.2) is 12.1 Å². The average molecular weight is 241 g/mol. The monoisotopic (exact) mass is 240 g/mol. The molecule has 5 heteroatoms. The van der Waals surface area contributed by atoms with Gasteiger partial charge in [-0.1, -0.05) is 11.6 Å². The molecule has 1 aromatic rings. The SMILES string of the molecule is CN1CCCC1c1ccc(C(=O)O)c(Cl)n1. The molecule has 1 aliphatic heterocycles. The molecule has 1 saturated heterocycles. The maximum absolute atomic E-state index is 10.8. The first-order chi connectivity index (χ1) is 7.59. The molecule has 0 amide bonds. The van der Waals surface area contributed by atoms with E-state index in [1.165, 1.54) is 6.07 Å². The number of pyridine rings is 1. The lowest BCUT2D eigenvalue weighted by Gasteiger charge is -2.18. The first-order valence-corrected chi connectivity index (χ1v) is 5.57. The highest BCUT2D eigenvalue weighted by Gasteiger charge is 2.24. The number of rotatable bonds is 2. The third kappa shape index (κ3) is 2.03. The Hall–Kier alpha value is -1.13. The quantitative estimate of drug-likeness (QED) is 0.806. The number of halogens is 1. The number of aromatic nitrogens is 1. The molecule has 0 bridgehead atoms. The lowest BCUT2D eigenvalue weighted by molar-refractivity contribution is 0.0696. The Bertz CT molecular complexity index is 422. The van der Waals surface area contributed by atoms with Crippen molar-refractivity contribution >= 4 is 17.6 Å². The van der Waals surface area contributed by atoms with Crippen molar-refractivity contribution in [2.45, 2.75) is 18.9 Å². The summed E-state index contributed by atoms with van der Waals surface area (Å²) in [5.41, 5.74) is 0.918. The van der Waals surface area contributed by atoms with E-state index in [9.17, 15) is 4.79 Å². The van der Waals surface area contributed by atoms with Crippen LogP contribution in [-0.4, -0.2) is 34.6 Å². The van der Waals surface area contributed by atoms with Gasteiger partial charge in [0.25, 0.3) is 0 Å². The predicted octanol–water partition coefficient (Wildman–Crippen LogP) is 2.20. The zero-order valence-corrected chi connectivity index (χ0v) is 9.74. The van der Waals surface area contributed by atoms with Crippen LogP contribution >= 0.6 is 11.6 Å². The first-order valence-electron chi connectivity index (χ1n) is 5.19. The smallest absolute Gasteiger partial charge is 0.338 e. The fourth-order valence-corrected chi connectivity index (χ4v) is 2.32. The van der Waals surface area contributed by atoms with Gasteiger partial charge in [0.05, 0.1) is 17.3 Å². The molecule has 0 saturated carbocycles. The summed E-state index contributed by atoms with van der Waals surface area (Å²) in [6.07, 6.45) is 2.19. The topological polar surface area (TPSA) is 53.4 Å². The molecule has 4 nitrogen and oxygen atoms in total. The standard InChI is InChI=1S/C11H13ClN2O2/c1-14-6-2-3-9(14)8-5-4-7(11(15)16)10(12)13-8/h4-5,9H,2-3,6H2,1H3,(H,15,16). The Balaban J connectivity index is 2.30. The third-order valence-corrected chi connectivity index (χ3v) is 3.25. The summed E-state index contributed by atoms with van der Waals surface area (Å²) in [5.74, 6) is -1.04. The minimum absolute atomic E-state index is 0.0612. The average Bonchev–Trinajstić information content (AvgIpc) is 2.63. The Kier molecular flexibility index (Phi) is 3.12. The highest BCUT2D eigenvalue weighted by Crippen LogP contribution is 2.30. The van der Waals surface area contributed by atoms with Crippen LogP contribution < -0.4 is 0 Å². The Morgan fingerprint density at radius 1 is 1.62 bits per heavy atom. The molecule has 86 valence electrons. The number of hydrogen-bond donors (Lipinski definition) is 1. The Labute approximate surface area is 98.9 Å². The summed E-state index contributed by atoms with van der Waals surface area (Å²) in [7, 11) is 2.04. The summed E-state index contributed by atoms with van der Waals surface area (Å²) in [5, 5.41) is 8.91. The van der Waals surface area contributed by atoms with Crippen LogP contribution in [0.2, 0.25) is 5.15 Å². The summed E-state index contributed by atoms with van der Waals surface area (Å²) < 4.78 is 0. The first kappa shape index (κ1) is 11.4. The van der Waals surface area contributed by atoms with Crippen LogP contribution in [0, 0.1) is 0 Å². The molecule has 2 rings (SSSR count). The van der Waals surface area contributed by atoms with E-state index in [1.54, 1.807) is 6.07 Å². The molecule has 0 radical (unpaired) electrons. The molecular weight excluding hydrogens is 228 g/mol. The van der Waals surface area contributed by atoms with Crippen molar-refractivity contribution in [3.05, 3.63) is 28.5 Å². The largest absolute Gasteiger partial charge is 0.478 e. The van der Waals surface area contributed by atoms with Crippen molar-refractivity contribution in [3.63, 3.8) is 0 Å². The van der Waals surface area contributed by atoms with E-state index in [-0.39, 0.29) is 16.8 Å². The van der Waals surface area contributed by atoms with E-state index in [1.807, 2.05) is 7.05 Å². The van der Waals surface area contributed by atoms with Gasteiger partial charge >= 0.3 is 5.97 Å². The second-order valence-electron chi connectivity index (χ2n) is 4.02. The molecule has 2 heterocycles. The van der Waals surface area contributed by atoms with Gasteiger partial charge in [0.15, 0.2) is 0 Å². The third-order valence-electron chi connectivity index (χ3n) is 2.96. The van der Waals surface area contributed by atoms with Crippen LogP contribution in [0.3, 0.4) is 0 Å². The number of likely N-dealkylation sites (tertiary alicyclic amines) is 1. The molecule has 0 aromatic carbocycles. The fourth-order valence-electron chi connectivity index (χ4n) is 2.08. The van der Waals surface area contributed by atoms with E-state index in [0.29, 0.717) is 0 Å². The van der Waals surface area contributed by atoms with Crippen LogP contribution in [-0.2, 0) is 0 Å². The normalized spacial score (nSPS) is 21.2. The molecule has 1 N–H and O–H groups in total. The molecular formula is C11H13ClN2O2. The molecule has 1 aliphatic rings. The van der Waals surface area contributed by atoms with Crippen LogP contribution in [0.5, 0.6) is 0 Å². The zero-order valence-electron chi connectivity index (χ0n) is 8.98. The van der Waals surface area contributed by atoms with Crippen molar-refractivity contribution in [1.82, 2.24) is 9.88 Å². The lowest BCUT2D eigenvalue weighted by Crippen LogP contribution is -2.18. The highest BCUT2D eigenvalue weighted by atomic mass is 35.5. The summed E-state index contributed by atoms with van der Waals surface area (Å²) in [6, 6.07) is 3.54. The van der Waals surface area contributed by atoms with Gasteiger partial charge in [-0.05, 0) is 38.6 Å². The fraction of sp³-hybridized carbons (Fsp3) is 0.455. The van der Waals surface area contributed by atoms with Gasteiger partial charge in [-0.15, -0.1) is 0 Å². The van der Waals surface area contributed by atoms with Crippen LogP contribution in [0.1, 0.15) is 34.9 Å². The van der Waals surface area contributed by atoms with E-state index in [4.69, 9.17) is 16.7 Å². The second kappa shape index (κ2) is 4.39. The zero-order chi connectivity index (χ0) is 11.7. The van der Waals surface area contributed by atoms with Crippen molar-refractivity contribution < 1.29 is 9.90 Å². The number of nitrogens with zero attached hydrogens (tertiary/aromatic N) is 2. The molecule has 16 heavy (non-hydrogen) atoms. The number of carboxylic acids is 1. The van der Waals surface area contributed by atoms with Crippen molar-refractivity contribution in [3.8, 4) is 0 Å². The van der Waals surface area contributed by atoms with Crippen molar-refractivity contribution in [2.24, 2.45) is 0 Å². The van der Waals surface area contributed by atoms with E-state index in [0.717, 1.165) is 25.1 Å². The molecule has 0 aliphatic carbocycles. The van der Waals surface area contributed by atoms with Gasteiger partial charge < -0.3 is 5.11 Å². The summed E-state index contributed by atoms with van der Waals surface area (Å²) in [4.78, 5) is 17.2. The lowest BCUT2D eigenvalue weighted by atomic mass is 10.1. The molecule has 1 atom stereocenters. The van der Waals surface area contributed by atoms with E-state index < -0.39 is 5.97 Å². The van der Waals surface area contributed by atoms with Crippen molar-refractivity contribution in [1.29, 1.82) is 0 Å². The summed E-state index contributed by atoms with van der Waals surface area (Å²) in [6.45, 7) is 1.05. The minimum Gasteiger partial charge on any atom is -0.478 e. The number of carbonyl (C=O) groups is 1. The highest BCUT2D eigenvalue weighted by molar-refractivity contribution is 6.32. The van der Waals surface area contributed by atoms with Crippen LogP contribution in [0.25, 0.3) is 0 Å².